The average Bonchev–Trinajstić information content (AvgIpc) is 1.33. The van der Waals surface area contributed by atoms with Gasteiger partial charge < -0.3 is 35.4 Å². The van der Waals surface area contributed by atoms with Crippen molar-refractivity contribution in [2.24, 2.45) is 14.1 Å². The number of aromatic nitrogens is 4. The molecule has 0 unspecified atom stereocenters. The number of carbonyl (C=O) groups is 4. The van der Waals surface area contributed by atoms with Crippen molar-refractivity contribution >= 4 is 79.5 Å². The zero-order valence-corrected chi connectivity index (χ0v) is 54.5. The van der Waals surface area contributed by atoms with Crippen LogP contribution in [0.4, 0.5) is 32.3 Å². The minimum Gasteiger partial charge on any atom is -0.408 e. The number of rotatable bonds is 0. The smallest absolute Gasteiger partial charge is 0.408 e. The molecule has 4 amide bonds. The zero-order chi connectivity index (χ0) is 66.6. The Morgan fingerprint density at radius 3 is 1.79 bits per heavy atom. The first-order valence-electron chi connectivity index (χ1n) is 30.9. The Morgan fingerprint density at radius 2 is 1.03 bits per heavy atom. The lowest BCUT2D eigenvalue weighted by Gasteiger charge is -2.26. The van der Waals surface area contributed by atoms with E-state index in [0.717, 1.165) is 98.2 Å². The lowest BCUT2D eigenvalue weighted by molar-refractivity contribution is 0.0970. The van der Waals surface area contributed by atoms with Crippen molar-refractivity contribution in [3.8, 4) is 0 Å². The minimum atomic E-state index is -0.398. The number of Topliss-reactive ketones (excluding diaryl/α,β-unsaturated/α-hetero) is 2. The van der Waals surface area contributed by atoms with Gasteiger partial charge >= 0.3 is 23.6 Å². The van der Waals surface area contributed by atoms with Crippen LogP contribution in [0.1, 0.15) is 108 Å². The van der Waals surface area contributed by atoms with Crippen LogP contribution in [-0.4, -0.2) is 63.1 Å². The lowest BCUT2D eigenvalue weighted by Crippen LogP contribution is -2.41. The van der Waals surface area contributed by atoms with Crippen LogP contribution in [0, 0.1) is 55.4 Å². The van der Waals surface area contributed by atoms with E-state index in [1.165, 1.54) is 61.2 Å². The first-order valence-corrected chi connectivity index (χ1v) is 30.9. The summed E-state index contributed by atoms with van der Waals surface area (Å²) in [5, 5.41) is 18.1. The fourth-order valence-electron chi connectivity index (χ4n) is 11.0. The summed E-state index contributed by atoms with van der Waals surface area (Å²) >= 11 is 0. The Hall–Kier alpha value is -11.0. The minimum absolute atomic E-state index is 0. The van der Waals surface area contributed by atoms with E-state index in [9.17, 15) is 33.6 Å². The van der Waals surface area contributed by atoms with Gasteiger partial charge in [0.15, 0.2) is 22.7 Å². The Morgan fingerprint density at radius 1 is 0.436 bits per heavy atom. The van der Waals surface area contributed by atoms with Gasteiger partial charge in [-0.3, -0.25) is 38.6 Å². The molecule has 7 heterocycles. The van der Waals surface area contributed by atoms with Gasteiger partial charge in [0.2, 0.25) is 0 Å². The monoisotopic (exact) mass is 1270 g/mol. The molecule has 0 radical (unpaired) electrons. The van der Waals surface area contributed by atoms with Gasteiger partial charge in [-0.25, -0.2) is 19.2 Å². The van der Waals surface area contributed by atoms with E-state index in [-0.39, 0.29) is 36.6 Å². The molecule has 1 aliphatic carbocycles. The maximum Gasteiger partial charge on any atom is 0.419 e. The molecule has 11 aromatic rings. The van der Waals surface area contributed by atoms with Gasteiger partial charge in [0.1, 0.15) is 0 Å². The Bertz CT molecular complexity index is 4760. The molecule has 0 fully saturated rings. The number of oxazole rings is 2. The molecule has 0 bridgehead atoms. The Kier molecular flexibility index (Phi) is 22.7. The van der Waals surface area contributed by atoms with Crippen LogP contribution < -0.4 is 48.6 Å². The molecular weight excluding hydrogens is 1180 g/mol. The number of anilines is 4. The molecule has 0 saturated carbocycles. The van der Waals surface area contributed by atoms with E-state index in [0.29, 0.717) is 36.6 Å². The molecule has 94 heavy (non-hydrogen) atoms. The van der Waals surface area contributed by atoms with Crippen LogP contribution in [0.5, 0.6) is 0 Å². The van der Waals surface area contributed by atoms with Crippen molar-refractivity contribution in [1.29, 1.82) is 0 Å². The van der Waals surface area contributed by atoms with Crippen molar-refractivity contribution in [3.05, 3.63) is 255 Å². The number of aromatic amines is 2. The third-order valence-electron chi connectivity index (χ3n) is 16.1. The fraction of sp³-hybridized carbons (Fsp3) is 0.267. The molecule has 7 N–H and O–H groups in total. The van der Waals surface area contributed by atoms with Crippen LogP contribution in [-0.2, 0) is 40.0 Å². The molecule has 0 spiro atoms. The molecule has 0 saturated heterocycles. The summed E-state index contributed by atoms with van der Waals surface area (Å²) in [7, 11) is 5.32. The standard InChI is InChI=1S/C11H12O.C10H12N2O.2C9H10N2O.C9H9NO2.C9H9NO.C9H11N.C8H7NO2.CH4/c1-8-5-6-9-3-2-4-11(12)10(9)7-8;1-7-3-4-8-6-11-10(13)12(2)9(8)5-7;1-6-3-4-7-8(5-6)11(2)10-9(7)12;1-6-2-3-8-7(4-6)5-10-9(12)11-8;1-6-3-4-8-7(5-6)10(2)9(11)12-8;1-6-2-3-7-8(4-6)10-5-9(7)11;1-7-2-3-9-8(6-7)4-5-10-9;1-5-2-3-6-7(4-5)11-8(10)9-6;/h5-7H,2-4H2,1H3;3-5H,6H2,1-2H3,(H,11,13);3-5H,1-2H3,(H,10,12);2-4H,5H2,1H3,(H2,10,11,12);3-5H,1-2H3;2-4,10H,5H2,1H3;2-3,6,10H,4-5H2,1H3;2-4H,1H3,(H,9,10);1H4. The van der Waals surface area contributed by atoms with Crippen molar-refractivity contribution in [3.63, 3.8) is 0 Å². The van der Waals surface area contributed by atoms with Crippen molar-refractivity contribution in [2.75, 3.05) is 41.0 Å². The SMILES string of the molecule is C.Cc1ccc2[nH]c(=O)oc2c1.Cc1ccc2c(=O)[nH]n(C)c2c1.Cc1ccc2c(c1)C(=O)CCC2.Cc1ccc2c(c1)CCN2.Cc1ccc2c(c1)CNC(=O)N2.Cc1ccc2c(c1)N(C)C(=O)NC2.Cc1ccc2c(c1)NCC2=O.Cc1ccc2oc(=O)n(C)c2c1. The molecular formula is C75H84N10O9. The van der Waals surface area contributed by atoms with Crippen molar-refractivity contribution in [1.82, 2.24) is 30.0 Å². The Balaban J connectivity index is 0.000000138. The van der Waals surface area contributed by atoms with Crippen LogP contribution in [0.3, 0.4) is 0 Å². The fourth-order valence-corrected chi connectivity index (χ4v) is 11.0. The first-order chi connectivity index (χ1) is 44.5. The predicted octanol–water partition coefficient (Wildman–Crippen LogP) is 14.0. The van der Waals surface area contributed by atoms with E-state index in [1.54, 1.807) is 23.7 Å². The maximum absolute atomic E-state index is 11.4. The normalized spacial score (nSPS) is 13.2. The molecule has 5 aliphatic rings. The highest BCUT2D eigenvalue weighted by atomic mass is 16.4. The number of aryl methyl sites for hydroxylation is 11. The average molecular weight is 1270 g/mol. The van der Waals surface area contributed by atoms with Gasteiger partial charge in [-0.1, -0.05) is 96.9 Å². The third-order valence-corrected chi connectivity index (χ3v) is 16.1. The maximum atomic E-state index is 11.4. The van der Waals surface area contributed by atoms with E-state index in [4.69, 9.17) is 8.83 Å². The van der Waals surface area contributed by atoms with E-state index in [1.807, 2.05) is 153 Å². The number of H-pyrrole nitrogens is 2. The lowest BCUT2D eigenvalue weighted by atomic mass is 9.90. The molecule has 4 aliphatic heterocycles. The number of urea groups is 2. The predicted molar refractivity (Wildman–Crippen MR) is 377 cm³/mol. The second kappa shape index (κ2) is 30.9. The van der Waals surface area contributed by atoms with Crippen molar-refractivity contribution in [2.45, 2.75) is 102 Å². The van der Waals surface area contributed by atoms with E-state index < -0.39 is 5.76 Å². The third kappa shape index (κ3) is 17.5. The van der Waals surface area contributed by atoms with E-state index >= 15 is 0 Å². The van der Waals surface area contributed by atoms with E-state index in [2.05, 4.69) is 92.1 Å². The van der Waals surface area contributed by atoms with Gasteiger partial charge in [0, 0.05) is 75.4 Å². The number of carbonyl (C=O) groups excluding carboxylic acids is 4. The number of ketones is 2. The number of amides is 4. The van der Waals surface area contributed by atoms with Gasteiger partial charge in [0.05, 0.1) is 34.2 Å². The summed E-state index contributed by atoms with van der Waals surface area (Å²) in [6.45, 7) is 19.0. The zero-order valence-electron chi connectivity index (χ0n) is 54.5. The topological polar surface area (TPSA) is 251 Å². The molecule has 8 aromatic carbocycles. The molecule has 16 rings (SSSR count). The van der Waals surface area contributed by atoms with Gasteiger partial charge in [-0.2, -0.15) is 0 Å². The number of hydrogen-bond donors (Lipinski definition) is 7. The second-order valence-electron chi connectivity index (χ2n) is 23.9. The summed E-state index contributed by atoms with van der Waals surface area (Å²) < 4.78 is 13.0. The number of hydrogen-bond acceptors (Lipinski definition) is 11. The van der Waals surface area contributed by atoms with Crippen LogP contribution in [0.2, 0.25) is 0 Å². The molecule has 0 atom stereocenters. The largest absolute Gasteiger partial charge is 0.419 e. The molecule has 3 aromatic heterocycles. The highest BCUT2D eigenvalue weighted by Crippen LogP contribution is 2.27. The van der Waals surface area contributed by atoms with Crippen molar-refractivity contribution < 1.29 is 28.0 Å². The summed E-state index contributed by atoms with van der Waals surface area (Å²) in [5.74, 6) is -0.193. The van der Waals surface area contributed by atoms with Crippen LogP contribution >= 0.6 is 0 Å². The summed E-state index contributed by atoms with van der Waals surface area (Å²) in [6.07, 6.45) is 4.02. The number of benzene rings is 8. The summed E-state index contributed by atoms with van der Waals surface area (Å²) in [5.41, 5.74) is 24.4. The molecule has 488 valence electrons. The highest BCUT2D eigenvalue weighted by molar-refractivity contribution is 6.08. The Labute approximate surface area is 546 Å². The summed E-state index contributed by atoms with van der Waals surface area (Å²) in [6, 6.07) is 47.6. The number of fused-ring (bicyclic) bond motifs is 8. The quantitative estimate of drug-likeness (QED) is 0.0752. The van der Waals surface area contributed by atoms with Crippen LogP contribution in [0.25, 0.3) is 33.1 Å². The second-order valence-corrected chi connectivity index (χ2v) is 23.9. The highest BCUT2D eigenvalue weighted by Gasteiger charge is 2.21. The molecule has 19 heteroatoms. The van der Waals surface area contributed by atoms with Gasteiger partial charge in [-0.15, -0.1) is 0 Å². The summed E-state index contributed by atoms with van der Waals surface area (Å²) in [4.78, 5) is 81.9. The number of nitrogens with zero attached hydrogens (tertiary/aromatic N) is 3. The molecule has 19 nitrogen and oxygen atoms in total. The van der Waals surface area contributed by atoms with Gasteiger partial charge in [0.25, 0.3) is 5.56 Å². The van der Waals surface area contributed by atoms with Gasteiger partial charge in [-0.05, 0) is 198 Å². The van der Waals surface area contributed by atoms with Crippen LogP contribution in [0.15, 0.2) is 169 Å². The first kappa shape index (κ1) is 68.9. The number of nitrogens with one attached hydrogen (secondary N) is 7.